The lowest BCUT2D eigenvalue weighted by atomic mass is 9.94. The third-order valence-electron chi connectivity index (χ3n) is 3.25. The van der Waals surface area contributed by atoms with Gasteiger partial charge in [-0.2, -0.15) is 0 Å². The summed E-state index contributed by atoms with van der Waals surface area (Å²) in [7, 11) is 0. The van der Waals surface area contributed by atoms with Gasteiger partial charge in [-0.1, -0.05) is 29.8 Å². The van der Waals surface area contributed by atoms with E-state index in [9.17, 15) is 0 Å². The maximum Gasteiger partial charge on any atom is 0.0406 e. The smallest absolute Gasteiger partial charge is 0.0406 e. The second-order valence-corrected chi connectivity index (χ2v) is 7.63. The highest BCUT2D eigenvalue weighted by Gasteiger charge is 2.17. The molecule has 0 aliphatic carbocycles. The zero-order valence-corrected chi connectivity index (χ0v) is 13.9. The highest BCUT2D eigenvalue weighted by molar-refractivity contribution is 7.09. The molecular weight excluding hydrogens is 286 g/mol. The Morgan fingerprint density at radius 2 is 1.85 bits per heavy atom. The molecular formula is C17H22ClNS. The molecule has 1 unspecified atom stereocenters. The Morgan fingerprint density at radius 1 is 1.15 bits per heavy atom. The van der Waals surface area contributed by atoms with Crippen LogP contribution < -0.4 is 5.32 Å². The van der Waals surface area contributed by atoms with Gasteiger partial charge in [-0.15, -0.1) is 11.3 Å². The van der Waals surface area contributed by atoms with Crippen molar-refractivity contribution in [3.05, 3.63) is 57.2 Å². The van der Waals surface area contributed by atoms with Crippen molar-refractivity contribution in [1.82, 2.24) is 5.32 Å². The van der Waals surface area contributed by atoms with E-state index in [1.807, 2.05) is 23.5 Å². The van der Waals surface area contributed by atoms with Crippen molar-refractivity contribution in [2.45, 2.75) is 38.6 Å². The average Bonchev–Trinajstić information content (AvgIpc) is 2.87. The molecule has 0 fully saturated rings. The summed E-state index contributed by atoms with van der Waals surface area (Å²) in [5.41, 5.74) is 1.49. The molecule has 2 rings (SSSR count). The van der Waals surface area contributed by atoms with Crippen molar-refractivity contribution in [1.29, 1.82) is 0 Å². The molecule has 0 amide bonds. The van der Waals surface area contributed by atoms with E-state index < -0.39 is 0 Å². The molecule has 1 aromatic carbocycles. The van der Waals surface area contributed by atoms with E-state index in [1.165, 1.54) is 10.4 Å². The summed E-state index contributed by atoms with van der Waals surface area (Å²) in [5.74, 6) is 0.477. The third-order valence-corrected chi connectivity index (χ3v) is 4.40. The van der Waals surface area contributed by atoms with Gasteiger partial charge in [-0.3, -0.25) is 0 Å². The van der Waals surface area contributed by atoms with Gasteiger partial charge in [0, 0.05) is 27.9 Å². The van der Waals surface area contributed by atoms with Gasteiger partial charge < -0.3 is 5.32 Å². The van der Waals surface area contributed by atoms with E-state index in [-0.39, 0.29) is 5.54 Å². The summed E-state index contributed by atoms with van der Waals surface area (Å²) in [5, 5.41) is 6.56. The molecule has 1 aromatic heterocycles. The van der Waals surface area contributed by atoms with Gasteiger partial charge >= 0.3 is 0 Å². The molecule has 0 spiro atoms. The minimum atomic E-state index is 0.139. The summed E-state index contributed by atoms with van der Waals surface area (Å²) in [4.78, 5) is 1.43. The van der Waals surface area contributed by atoms with Crippen LogP contribution in [0.25, 0.3) is 0 Å². The first kappa shape index (κ1) is 15.6. The normalized spacial score (nSPS) is 13.4. The Morgan fingerprint density at radius 3 is 2.40 bits per heavy atom. The monoisotopic (exact) mass is 307 g/mol. The fourth-order valence-corrected chi connectivity index (χ4v) is 3.06. The summed E-state index contributed by atoms with van der Waals surface area (Å²) in [6.45, 7) is 7.59. The average molecular weight is 308 g/mol. The van der Waals surface area contributed by atoms with Crippen molar-refractivity contribution in [3.63, 3.8) is 0 Å². The van der Waals surface area contributed by atoms with Gasteiger partial charge in [0.25, 0.3) is 0 Å². The lowest BCUT2D eigenvalue weighted by Gasteiger charge is -2.25. The molecule has 0 radical (unpaired) electrons. The van der Waals surface area contributed by atoms with Crippen LogP contribution in [0.5, 0.6) is 0 Å². The molecule has 1 heterocycles. The Balaban J connectivity index is 2.12. The van der Waals surface area contributed by atoms with Gasteiger partial charge in [0.1, 0.15) is 0 Å². The summed E-state index contributed by atoms with van der Waals surface area (Å²) < 4.78 is 0. The summed E-state index contributed by atoms with van der Waals surface area (Å²) in [6, 6.07) is 12.6. The quantitative estimate of drug-likeness (QED) is 0.809. The molecule has 2 aromatic rings. The molecule has 1 atom stereocenters. The van der Waals surface area contributed by atoms with Crippen LogP contribution >= 0.6 is 22.9 Å². The van der Waals surface area contributed by atoms with E-state index in [2.05, 4.69) is 55.7 Å². The summed E-state index contributed by atoms with van der Waals surface area (Å²) in [6.07, 6.45) is 1.07. The van der Waals surface area contributed by atoms with Crippen LogP contribution in [0, 0.1) is 0 Å². The second kappa shape index (κ2) is 6.75. The van der Waals surface area contributed by atoms with E-state index in [0.29, 0.717) is 5.92 Å². The maximum atomic E-state index is 6.00. The van der Waals surface area contributed by atoms with Crippen LogP contribution in [0.3, 0.4) is 0 Å². The van der Waals surface area contributed by atoms with E-state index >= 15 is 0 Å². The highest BCUT2D eigenvalue weighted by atomic mass is 35.5. The number of hydrogen-bond donors (Lipinski definition) is 1. The largest absolute Gasteiger partial charge is 0.311 e. The van der Waals surface area contributed by atoms with E-state index in [0.717, 1.165) is 18.0 Å². The minimum absolute atomic E-state index is 0.139. The van der Waals surface area contributed by atoms with Crippen molar-refractivity contribution in [2.75, 3.05) is 6.54 Å². The zero-order chi connectivity index (χ0) is 14.6. The van der Waals surface area contributed by atoms with Gasteiger partial charge in [0.2, 0.25) is 0 Å². The molecule has 1 nitrogen and oxygen atoms in total. The maximum absolute atomic E-state index is 6.00. The minimum Gasteiger partial charge on any atom is -0.311 e. The predicted octanol–water partition coefficient (Wildman–Crippen LogP) is 5.12. The lowest BCUT2D eigenvalue weighted by molar-refractivity contribution is 0.405. The standard InChI is InChI=1S/C17H22ClNS/c1-17(2,3)19-12-14(11-16-5-4-10-20-16)13-6-8-15(18)9-7-13/h4-10,14,19H,11-12H2,1-3H3. The first-order chi connectivity index (χ1) is 9.44. The van der Waals surface area contributed by atoms with Gasteiger partial charge in [0.05, 0.1) is 0 Å². The van der Waals surface area contributed by atoms with Crippen LogP contribution in [0.4, 0.5) is 0 Å². The van der Waals surface area contributed by atoms with Crippen molar-refractivity contribution >= 4 is 22.9 Å². The number of benzene rings is 1. The molecule has 3 heteroatoms. The fraction of sp³-hybridized carbons (Fsp3) is 0.412. The predicted molar refractivity (Wildman–Crippen MR) is 90.0 cm³/mol. The first-order valence-corrected chi connectivity index (χ1v) is 8.23. The number of rotatable bonds is 5. The number of thiophene rings is 1. The Bertz CT molecular complexity index is 511. The molecule has 0 bridgehead atoms. The van der Waals surface area contributed by atoms with Crippen LogP contribution in [0.15, 0.2) is 41.8 Å². The topological polar surface area (TPSA) is 12.0 Å². The Hall–Kier alpha value is -0.830. The van der Waals surface area contributed by atoms with Gasteiger partial charge in [-0.25, -0.2) is 0 Å². The third kappa shape index (κ3) is 4.93. The molecule has 0 saturated carbocycles. The van der Waals surface area contributed by atoms with Crippen molar-refractivity contribution in [3.8, 4) is 0 Å². The fourth-order valence-electron chi connectivity index (χ4n) is 2.14. The van der Waals surface area contributed by atoms with E-state index in [1.54, 1.807) is 0 Å². The molecule has 0 aliphatic rings. The van der Waals surface area contributed by atoms with Gasteiger partial charge in [-0.05, 0) is 56.3 Å². The highest BCUT2D eigenvalue weighted by Crippen LogP contribution is 2.25. The Labute approximate surface area is 131 Å². The molecule has 0 aliphatic heterocycles. The molecule has 20 heavy (non-hydrogen) atoms. The van der Waals surface area contributed by atoms with Crippen LogP contribution in [0.2, 0.25) is 5.02 Å². The molecule has 0 saturated heterocycles. The molecule has 108 valence electrons. The SMILES string of the molecule is CC(C)(C)NCC(Cc1cccs1)c1ccc(Cl)cc1. The number of halogens is 1. The van der Waals surface area contributed by atoms with Crippen molar-refractivity contribution in [2.24, 2.45) is 0 Å². The number of hydrogen-bond acceptors (Lipinski definition) is 2. The van der Waals surface area contributed by atoms with E-state index in [4.69, 9.17) is 11.6 Å². The number of nitrogens with one attached hydrogen (secondary N) is 1. The van der Waals surface area contributed by atoms with Crippen molar-refractivity contribution < 1.29 is 0 Å². The zero-order valence-electron chi connectivity index (χ0n) is 12.3. The van der Waals surface area contributed by atoms with Crippen LogP contribution in [-0.2, 0) is 6.42 Å². The van der Waals surface area contributed by atoms with Gasteiger partial charge in [0.15, 0.2) is 0 Å². The summed E-state index contributed by atoms with van der Waals surface area (Å²) >= 11 is 7.82. The Kier molecular flexibility index (Phi) is 5.25. The van der Waals surface area contributed by atoms with Crippen LogP contribution in [0.1, 0.15) is 37.1 Å². The lowest BCUT2D eigenvalue weighted by Crippen LogP contribution is -2.38. The second-order valence-electron chi connectivity index (χ2n) is 6.16. The van der Waals surface area contributed by atoms with Crippen LogP contribution in [-0.4, -0.2) is 12.1 Å². The first-order valence-electron chi connectivity index (χ1n) is 6.97. The molecule has 1 N–H and O–H groups in total.